The molecule has 1 fully saturated rings. The Morgan fingerprint density at radius 3 is 2.75 bits per heavy atom. The Balaban J connectivity index is 1.74. The number of hydrogen-bond acceptors (Lipinski definition) is 2. The number of benzene rings is 1. The Kier molecular flexibility index (Phi) is 5.56. The highest BCUT2D eigenvalue weighted by Crippen LogP contribution is 2.11. The Bertz CT molecular complexity index is 425. The first kappa shape index (κ1) is 15.0. The molecule has 1 aromatic rings. The molecule has 110 valence electrons. The number of hydrogen-bond donors (Lipinski definition) is 2. The standard InChI is InChI=1S/C16H24N2O2/c1-13-6-8-14(9-7-13)17-16(19)12-18(2)11-15-5-3-4-10-20-15/h6-9,15H,3-5,10-12H2,1-2H3,(H,17,19)/p+1/t15-/m0/s1. The fourth-order valence-corrected chi connectivity index (χ4v) is 2.55. The van der Waals surface area contributed by atoms with Crippen molar-refractivity contribution in [3.63, 3.8) is 0 Å². The predicted molar refractivity (Wildman–Crippen MR) is 80.0 cm³/mol. The number of carbonyl (C=O) groups excluding carboxylic acids is 1. The molecule has 0 radical (unpaired) electrons. The molecule has 2 rings (SSSR count). The Labute approximate surface area is 121 Å². The molecular weight excluding hydrogens is 252 g/mol. The topological polar surface area (TPSA) is 42.8 Å². The molecule has 1 heterocycles. The fraction of sp³-hybridized carbons (Fsp3) is 0.562. The number of nitrogens with one attached hydrogen (secondary N) is 2. The second-order valence-electron chi connectivity index (χ2n) is 5.74. The predicted octanol–water partition coefficient (Wildman–Crippen LogP) is 1.02. The van der Waals surface area contributed by atoms with E-state index < -0.39 is 0 Å². The number of carbonyl (C=O) groups is 1. The molecule has 4 nitrogen and oxygen atoms in total. The summed E-state index contributed by atoms with van der Waals surface area (Å²) in [5, 5.41) is 2.94. The van der Waals surface area contributed by atoms with Gasteiger partial charge in [-0.15, -0.1) is 0 Å². The molecule has 1 aliphatic rings. The molecule has 0 bridgehead atoms. The van der Waals surface area contributed by atoms with E-state index in [0.717, 1.165) is 25.3 Å². The first-order chi connectivity index (χ1) is 9.63. The Morgan fingerprint density at radius 1 is 1.35 bits per heavy atom. The third kappa shape index (κ3) is 4.94. The minimum absolute atomic E-state index is 0.0576. The van der Waals surface area contributed by atoms with Crippen LogP contribution in [0.5, 0.6) is 0 Å². The first-order valence-electron chi connectivity index (χ1n) is 7.43. The van der Waals surface area contributed by atoms with Gasteiger partial charge in [0.05, 0.1) is 7.05 Å². The number of quaternary nitrogens is 1. The summed E-state index contributed by atoms with van der Waals surface area (Å²) in [6.07, 6.45) is 3.85. The van der Waals surface area contributed by atoms with Crippen LogP contribution in [-0.4, -0.2) is 38.8 Å². The van der Waals surface area contributed by atoms with Crippen molar-refractivity contribution < 1.29 is 14.4 Å². The maximum atomic E-state index is 12.0. The van der Waals surface area contributed by atoms with Gasteiger partial charge in [0.15, 0.2) is 6.54 Å². The smallest absolute Gasteiger partial charge is 0.279 e. The third-order valence-corrected chi connectivity index (χ3v) is 3.65. The Morgan fingerprint density at radius 2 is 2.10 bits per heavy atom. The molecule has 4 heteroatoms. The van der Waals surface area contributed by atoms with Gasteiger partial charge in [0, 0.05) is 12.3 Å². The zero-order valence-corrected chi connectivity index (χ0v) is 12.4. The van der Waals surface area contributed by atoms with Gasteiger partial charge in [-0.05, 0) is 38.3 Å². The molecule has 20 heavy (non-hydrogen) atoms. The van der Waals surface area contributed by atoms with Crippen LogP contribution in [0, 0.1) is 6.92 Å². The summed E-state index contributed by atoms with van der Waals surface area (Å²) >= 11 is 0. The molecule has 1 aromatic carbocycles. The van der Waals surface area contributed by atoms with Gasteiger partial charge in [0.1, 0.15) is 12.6 Å². The van der Waals surface area contributed by atoms with Gasteiger partial charge in [-0.3, -0.25) is 4.79 Å². The van der Waals surface area contributed by atoms with Crippen LogP contribution in [-0.2, 0) is 9.53 Å². The zero-order chi connectivity index (χ0) is 14.4. The number of aryl methyl sites for hydroxylation is 1. The van der Waals surface area contributed by atoms with Gasteiger partial charge < -0.3 is 15.0 Å². The molecule has 0 spiro atoms. The lowest BCUT2D eigenvalue weighted by Crippen LogP contribution is -3.11. The largest absolute Gasteiger partial charge is 0.372 e. The van der Waals surface area contributed by atoms with Gasteiger partial charge >= 0.3 is 0 Å². The molecule has 1 unspecified atom stereocenters. The van der Waals surface area contributed by atoms with Crippen LogP contribution in [0.4, 0.5) is 5.69 Å². The van der Waals surface area contributed by atoms with Crippen molar-refractivity contribution in [2.75, 3.05) is 32.1 Å². The molecule has 0 saturated carbocycles. The maximum Gasteiger partial charge on any atom is 0.279 e. The highest BCUT2D eigenvalue weighted by atomic mass is 16.5. The normalized spacial score (nSPS) is 20.4. The monoisotopic (exact) mass is 277 g/mol. The van der Waals surface area contributed by atoms with E-state index in [4.69, 9.17) is 4.74 Å². The summed E-state index contributed by atoms with van der Waals surface area (Å²) in [4.78, 5) is 13.2. The van der Waals surface area contributed by atoms with Crippen molar-refractivity contribution in [2.45, 2.75) is 32.3 Å². The van der Waals surface area contributed by atoms with E-state index >= 15 is 0 Å². The van der Waals surface area contributed by atoms with E-state index in [9.17, 15) is 4.79 Å². The van der Waals surface area contributed by atoms with E-state index in [2.05, 4.69) is 5.32 Å². The van der Waals surface area contributed by atoms with E-state index in [1.54, 1.807) is 0 Å². The molecule has 0 aliphatic carbocycles. The lowest BCUT2D eigenvalue weighted by Gasteiger charge is -2.24. The summed E-state index contributed by atoms with van der Waals surface area (Å²) in [7, 11) is 2.05. The number of amides is 1. The van der Waals surface area contributed by atoms with Crippen LogP contribution < -0.4 is 10.2 Å². The van der Waals surface area contributed by atoms with Crippen molar-refractivity contribution in [2.24, 2.45) is 0 Å². The summed E-state index contributed by atoms with van der Waals surface area (Å²) in [5.41, 5.74) is 2.06. The van der Waals surface area contributed by atoms with Crippen molar-refractivity contribution in [1.29, 1.82) is 0 Å². The number of anilines is 1. The lowest BCUT2D eigenvalue weighted by atomic mass is 10.1. The zero-order valence-electron chi connectivity index (χ0n) is 12.4. The quantitative estimate of drug-likeness (QED) is 0.844. The van der Waals surface area contributed by atoms with Gasteiger partial charge in [-0.1, -0.05) is 17.7 Å². The van der Waals surface area contributed by atoms with Gasteiger partial charge in [-0.25, -0.2) is 0 Å². The minimum Gasteiger partial charge on any atom is -0.372 e. The van der Waals surface area contributed by atoms with Crippen molar-refractivity contribution in [1.82, 2.24) is 0 Å². The summed E-state index contributed by atoms with van der Waals surface area (Å²) in [5.74, 6) is 0.0576. The number of rotatable bonds is 5. The van der Waals surface area contributed by atoms with E-state index in [-0.39, 0.29) is 5.91 Å². The highest BCUT2D eigenvalue weighted by molar-refractivity contribution is 5.91. The molecule has 2 atom stereocenters. The molecular formula is C16H25N2O2+. The van der Waals surface area contributed by atoms with Crippen LogP contribution in [0.25, 0.3) is 0 Å². The highest BCUT2D eigenvalue weighted by Gasteiger charge is 2.19. The SMILES string of the molecule is Cc1ccc(NC(=O)C[NH+](C)C[C@@H]2CCCCO2)cc1. The molecule has 1 amide bonds. The minimum atomic E-state index is 0.0576. The lowest BCUT2D eigenvalue weighted by molar-refractivity contribution is -0.874. The average molecular weight is 277 g/mol. The van der Waals surface area contributed by atoms with Gasteiger partial charge in [0.2, 0.25) is 0 Å². The second kappa shape index (κ2) is 7.41. The second-order valence-corrected chi connectivity index (χ2v) is 5.74. The first-order valence-corrected chi connectivity index (χ1v) is 7.43. The summed E-state index contributed by atoms with van der Waals surface area (Å²) < 4.78 is 5.71. The molecule has 1 aliphatic heterocycles. The molecule has 1 saturated heterocycles. The van der Waals surface area contributed by atoms with Crippen LogP contribution in [0.2, 0.25) is 0 Å². The Hall–Kier alpha value is -1.39. The summed E-state index contributed by atoms with van der Waals surface area (Å²) in [6, 6.07) is 7.88. The van der Waals surface area contributed by atoms with Crippen LogP contribution in [0.1, 0.15) is 24.8 Å². The van der Waals surface area contributed by atoms with Crippen LogP contribution in [0.15, 0.2) is 24.3 Å². The fourth-order valence-electron chi connectivity index (χ4n) is 2.55. The van der Waals surface area contributed by atoms with E-state index in [1.165, 1.54) is 23.3 Å². The van der Waals surface area contributed by atoms with Gasteiger partial charge in [-0.2, -0.15) is 0 Å². The van der Waals surface area contributed by atoms with Crippen molar-refractivity contribution in [3.05, 3.63) is 29.8 Å². The molecule has 2 N–H and O–H groups in total. The number of likely N-dealkylation sites (N-methyl/N-ethyl adjacent to an activating group) is 1. The molecule has 0 aromatic heterocycles. The van der Waals surface area contributed by atoms with Crippen molar-refractivity contribution in [3.8, 4) is 0 Å². The maximum absolute atomic E-state index is 12.0. The number of ether oxygens (including phenoxy) is 1. The van der Waals surface area contributed by atoms with E-state index in [1.807, 2.05) is 38.2 Å². The van der Waals surface area contributed by atoms with Crippen LogP contribution >= 0.6 is 0 Å². The van der Waals surface area contributed by atoms with Crippen LogP contribution in [0.3, 0.4) is 0 Å². The third-order valence-electron chi connectivity index (χ3n) is 3.65. The van der Waals surface area contributed by atoms with Gasteiger partial charge in [0.25, 0.3) is 5.91 Å². The summed E-state index contributed by atoms with van der Waals surface area (Å²) in [6.45, 7) is 4.29. The average Bonchev–Trinajstić information content (AvgIpc) is 2.42. The van der Waals surface area contributed by atoms with Crippen molar-refractivity contribution >= 4 is 11.6 Å². The van der Waals surface area contributed by atoms with E-state index in [0.29, 0.717) is 12.6 Å².